The summed E-state index contributed by atoms with van der Waals surface area (Å²) < 4.78 is 5.69. The molecule has 2 saturated carbocycles. The molecule has 3 aliphatic rings. The van der Waals surface area contributed by atoms with Gasteiger partial charge in [0.1, 0.15) is 6.61 Å². The molecule has 0 heterocycles. The minimum absolute atomic E-state index is 0.0370. The van der Waals surface area contributed by atoms with Crippen LogP contribution >= 0.6 is 0 Å². The second kappa shape index (κ2) is 17.2. The molecule has 0 radical (unpaired) electrons. The number of aliphatic hydroxyl groups excluding tert-OH is 2. The maximum atomic E-state index is 12.5. The predicted molar refractivity (Wildman–Crippen MR) is 175 cm³/mol. The zero-order valence-electron chi connectivity index (χ0n) is 27.7. The smallest absolute Gasteiger partial charge is 0.306 e. The van der Waals surface area contributed by atoms with E-state index in [-0.39, 0.29) is 30.5 Å². The Labute approximate surface area is 258 Å². The predicted octanol–water partition coefficient (Wildman–Crippen LogP) is 9.65. The van der Waals surface area contributed by atoms with Gasteiger partial charge in [0.25, 0.3) is 0 Å². The summed E-state index contributed by atoms with van der Waals surface area (Å²) in [7, 11) is 0. The lowest BCUT2D eigenvalue weighted by molar-refractivity contribution is -0.181. The van der Waals surface area contributed by atoms with Gasteiger partial charge in [0, 0.05) is 11.8 Å². The highest BCUT2D eigenvalue weighted by molar-refractivity contribution is 5.69. The van der Waals surface area contributed by atoms with E-state index in [4.69, 9.17) is 4.74 Å². The zero-order chi connectivity index (χ0) is 30.5. The topological polar surface area (TPSA) is 66.8 Å². The van der Waals surface area contributed by atoms with Crippen molar-refractivity contribution in [1.29, 1.82) is 0 Å². The lowest BCUT2D eigenvalue weighted by atomic mass is 9.42. The van der Waals surface area contributed by atoms with Crippen LogP contribution in [0.4, 0.5) is 0 Å². The Hall–Kier alpha value is -1.39. The summed E-state index contributed by atoms with van der Waals surface area (Å²) in [5.41, 5.74) is 0.985. The number of allylic oxidation sites excluding steroid dienone is 5. The van der Waals surface area contributed by atoms with Gasteiger partial charge in [-0.3, -0.25) is 4.79 Å². The maximum absolute atomic E-state index is 12.5. The van der Waals surface area contributed by atoms with Gasteiger partial charge in [0.05, 0.1) is 12.7 Å². The number of aliphatic hydroxyl groups is 2. The molecule has 0 amide bonds. The van der Waals surface area contributed by atoms with Gasteiger partial charge in [-0.15, -0.1) is 0 Å². The molecule has 0 saturated heterocycles. The Morgan fingerprint density at radius 1 is 0.929 bits per heavy atom. The van der Waals surface area contributed by atoms with Crippen LogP contribution in [0, 0.1) is 28.1 Å². The lowest BCUT2D eigenvalue weighted by Crippen LogP contribution is -2.59. The molecule has 2 N–H and O–H groups in total. The molecule has 0 aromatic carbocycles. The standard InChI is InChI=1S/C38H64O4/c1-5-6-7-8-9-10-11-12-13-14-15-16-17-18-19-21-35(41)42-29-31-22-23-33-37(4)26-20-25-36(2,3)32(37)24-27-38(33,30-39)34(40)28-31/h9-10,12-13,22,32-34,39-40H,5-8,11,14-21,23-30H2,1-4H3/b10-9-,13-12-. The van der Waals surface area contributed by atoms with Gasteiger partial charge in [-0.25, -0.2) is 0 Å². The molecule has 4 heteroatoms. The van der Waals surface area contributed by atoms with Gasteiger partial charge in [0.2, 0.25) is 0 Å². The summed E-state index contributed by atoms with van der Waals surface area (Å²) in [4.78, 5) is 12.5. The van der Waals surface area contributed by atoms with Crippen LogP contribution in [-0.4, -0.2) is 35.5 Å². The molecular formula is C38H64O4. The Kier molecular flexibility index (Phi) is 14.4. The summed E-state index contributed by atoms with van der Waals surface area (Å²) in [6.45, 7) is 9.83. The van der Waals surface area contributed by atoms with Crippen LogP contribution < -0.4 is 0 Å². The number of carbonyl (C=O) groups excluding carboxylic acids is 1. The fraction of sp³-hybridized carbons (Fsp3) is 0.816. The number of fused-ring (bicyclic) bond motifs is 3. The normalized spacial score (nSPS) is 31.0. The van der Waals surface area contributed by atoms with E-state index in [0.717, 1.165) is 56.9 Å². The van der Waals surface area contributed by atoms with Crippen molar-refractivity contribution in [2.45, 2.75) is 156 Å². The van der Waals surface area contributed by atoms with Crippen molar-refractivity contribution in [3.63, 3.8) is 0 Å². The van der Waals surface area contributed by atoms with E-state index in [1.807, 2.05) is 0 Å². The first-order valence-corrected chi connectivity index (χ1v) is 17.6. The minimum Gasteiger partial charge on any atom is -0.461 e. The molecule has 42 heavy (non-hydrogen) atoms. The summed E-state index contributed by atoms with van der Waals surface area (Å²) in [5, 5.41) is 22.2. The molecule has 0 bridgehead atoms. The Bertz CT molecular complexity index is 901. The van der Waals surface area contributed by atoms with Gasteiger partial charge in [-0.1, -0.05) is 96.6 Å². The molecule has 3 aliphatic carbocycles. The third-order valence-electron chi connectivity index (χ3n) is 11.5. The fourth-order valence-corrected chi connectivity index (χ4v) is 9.01. The highest BCUT2D eigenvalue weighted by Crippen LogP contribution is 2.66. The molecule has 2 fully saturated rings. The van der Waals surface area contributed by atoms with Gasteiger partial charge in [0.15, 0.2) is 0 Å². The second-order valence-corrected chi connectivity index (χ2v) is 14.8. The first-order valence-electron chi connectivity index (χ1n) is 17.6. The largest absolute Gasteiger partial charge is 0.461 e. The molecule has 0 aromatic rings. The molecule has 5 atom stereocenters. The number of hydrogen-bond acceptors (Lipinski definition) is 4. The first-order chi connectivity index (χ1) is 20.2. The fourth-order valence-electron chi connectivity index (χ4n) is 9.01. The van der Waals surface area contributed by atoms with Crippen molar-refractivity contribution in [3.8, 4) is 0 Å². The van der Waals surface area contributed by atoms with E-state index in [2.05, 4.69) is 58.1 Å². The summed E-state index contributed by atoms with van der Waals surface area (Å²) in [5.74, 6) is 0.743. The van der Waals surface area contributed by atoms with Crippen LogP contribution in [0.5, 0.6) is 0 Å². The molecule has 5 unspecified atom stereocenters. The van der Waals surface area contributed by atoms with Crippen molar-refractivity contribution in [1.82, 2.24) is 0 Å². The average Bonchev–Trinajstić information content (AvgIpc) is 3.10. The second-order valence-electron chi connectivity index (χ2n) is 14.8. The highest BCUT2D eigenvalue weighted by Gasteiger charge is 2.61. The van der Waals surface area contributed by atoms with Gasteiger partial charge >= 0.3 is 5.97 Å². The van der Waals surface area contributed by atoms with Crippen LogP contribution in [0.15, 0.2) is 36.0 Å². The number of esters is 1. The zero-order valence-corrected chi connectivity index (χ0v) is 27.7. The average molecular weight is 585 g/mol. The van der Waals surface area contributed by atoms with E-state index < -0.39 is 11.5 Å². The number of unbranched alkanes of at least 4 members (excludes halogenated alkanes) is 8. The first kappa shape index (κ1) is 35.1. The van der Waals surface area contributed by atoms with Crippen LogP contribution in [0.3, 0.4) is 0 Å². The van der Waals surface area contributed by atoms with Crippen molar-refractivity contribution in [2.75, 3.05) is 13.2 Å². The molecule has 0 aromatic heterocycles. The Morgan fingerprint density at radius 2 is 1.62 bits per heavy atom. The Balaban J connectivity index is 1.34. The number of rotatable bonds is 17. The van der Waals surface area contributed by atoms with Gasteiger partial charge < -0.3 is 14.9 Å². The van der Waals surface area contributed by atoms with Crippen molar-refractivity contribution in [3.05, 3.63) is 36.0 Å². The summed E-state index contributed by atoms with van der Waals surface area (Å²) >= 11 is 0. The molecule has 4 nitrogen and oxygen atoms in total. The minimum atomic E-state index is -0.593. The third kappa shape index (κ3) is 9.31. The molecule has 3 rings (SSSR count). The molecule has 0 spiro atoms. The maximum Gasteiger partial charge on any atom is 0.306 e. The van der Waals surface area contributed by atoms with E-state index in [1.54, 1.807) is 0 Å². The van der Waals surface area contributed by atoms with Gasteiger partial charge in [-0.05, 0) is 105 Å². The van der Waals surface area contributed by atoms with Crippen molar-refractivity contribution >= 4 is 5.97 Å². The molecule has 0 aliphatic heterocycles. The van der Waals surface area contributed by atoms with Crippen molar-refractivity contribution in [2.24, 2.45) is 28.1 Å². The highest BCUT2D eigenvalue weighted by atomic mass is 16.5. The van der Waals surface area contributed by atoms with Crippen LogP contribution in [0.2, 0.25) is 0 Å². The number of hydrogen-bond donors (Lipinski definition) is 2. The third-order valence-corrected chi connectivity index (χ3v) is 11.5. The quantitative estimate of drug-likeness (QED) is 0.101. The lowest BCUT2D eigenvalue weighted by Gasteiger charge is -2.63. The van der Waals surface area contributed by atoms with Crippen molar-refractivity contribution < 1.29 is 19.7 Å². The summed E-state index contributed by atoms with van der Waals surface area (Å²) in [6.07, 6.45) is 31.1. The van der Waals surface area contributed by atoms with E-state index in [1.165, 1.54) is 57.8 Å². The Morgan fingerprint density at radius 3 is 2.33 bits per heavy atom. The van der Waals surface area contributed by atoms with Crippen LogP contribution in [0.25, 0.3) is 0 Å². The van der Waals surface area contributed by atoms with Crippen LogP contribution in [0.1, 0.15) is 150 Å². The molecular weight excluding hydrogens is 520 g/mol. The summed E-state index contributed by atoms with van der Waals surface area (Å²) in [6, 6.07) is 0. The van der Waals surface area contributed by atoms with E-state index in [9.17, 15) is 15.0 Å². The van der Waals surface area contributed by atoms with E-state index in [0.29, 0.717) is 24.2 Å². The van der Waals surface area contributed by atoms with Crippen LogP contribution in [-0.2, 0) is 9.53 Å². The molecule has 240 valence electrons. The monoisotopic (exact) mass is 584 g/mol. The SMILES string of the molecule is CCCCC/C=C\C/C=C\CCCCCCCC(=O)OCC1=CCC2C3(C)CCCC(C)(C)C3CCC2(CO)C(O)C1. The van der Waals surface area contributed by atoms with E-state index >= 15 is 0 Å². The number of ether oxygens (including phenoxy) is 1. The number of carbonyl (C=O) groups is 1. The van der Waals surface area contributed by atoms with Gasteiger partial charge in [-0.2, -0.15) is 0 Å².